The molecule has 1 saturated heterocycles. The summed E-state index contributed by atoms with van der Waals surface area (Å²) in [5.41, 5.74) is 0.520. The van der Waals surface area contributed by atoms with Crippen molar-refractivity contribution in [3.63, 3.8) is 0 Å². The van der Waals surface area contributed by atoms with E-state index in [0.717, 1.165) is 17.9 Å². The summed E-state index contributed by atoms with van der Waals surface area (Å²) in [6, 6.07) is 0.797. The number of rotatable bonds is 4. The summed E-state index contributed by atoms with van der Waals surface area (Å²) < 4.78 is 0. The van der Waals surface area contributed by atoms with Crippen molar-refractivity contribution in [3.05, 3.63) is 0 Å². The van der Waals surface area contributed by atoms with Crippen LogP contribution in [0.3, 0.4) is 0 Å². The van der Waals surface area contributed by atoms with E-state index in [-0.39, 0.29) is 0 Å². The minimum atomic E-state index is 0.520. The third-order valence-corrected chi connectivity index (χ3v) is 4.94. The average Bonchev–Trinajstić information content (AvgIpc) is 2.84. The third-order valence-electron chi connectivity index (χ3n) is 4.94. The van der Waals surface area contributed by atoms with Gasteiger partial charge in [0.1, 0.15) is 0 Å². The molecule has 0 radical (unpaired) electrons. The Morgan fingerprint density at radius 2 is 2.19 bits per heavy atom. The molecule has 2 aliphatic rings. The lowest BCUT2D eigenvalue weighted by Gasteiger charge is -2.34. The topological polar surface area (TPSA) is 24.1 Å². The van der Waals surface area contributed by atoms with Crippen LogP contribution in [0.1, 0.15) is 46.5 Å². The molecule has 2 fully saturated rings. The van der Waals surface area contributed by atoms with Crippen LogP contribution in [-0.2, 0) is 0 Å². The fourth-order valence-electron chi connectivity index (χ4n) is 3.35. The fourth-order valence-corrected chi connectivity index (χ4v) is 3.35. The molecule has 3 atom stereocenters. The van der Waals surface area contributed by atoms with Crippen molar-refractivity contribution in [2.24, 2.45) is 17.3 Å². The molecule has 2 rings (SSSR count). The van der Waals surface area contributed by atoms with Crippen LogP contribution in [0.15, 0.2) is 0 Å². The molecule has 0 amide bonds. The number of hydrogen-bond acceptors (Lipinski definition) is 2. The largest absolute Gasteiger partial charge is 0.316 e. The summed E-state index contributed by atoms with van der Waals surface area (Å²) in [5.74, 6) is 1.73. The second kappa shape index (κ2) is 5.05. The van der Waals surface area contributed by atoms with Crippen molar-refractivity contribution in [2.75, 3.05) is 19.6 Å². The molecule has 1 heterocycles. The maximum Gasteiger partial charge on any atom is 0.00699 e. The minimum absolute atomic E-state index is 0.520. The van der Waals surface area contributed by atoms with E-state index in [4.69, 9.17) is 0 Å². The minimum Gasteiger partial charge on any atom is -0.316 e. The molecular formula is C14H28N2. The van der Waals surface area contributed by atoms with E-state index in [1.54, 1.807) is 0 Å². The highest BCUT2D eigenvalue weighted by molar-refractivity contribution is 4.93. The third kappa shape index (κ3) is 2.60. The van der Waals surface area contributed by atoms with Gasteiger partial charge >= 0.3 is 0 Å². The standard InChI is InChI=1S/C14H28N2/c1-11(2)14(6-7-15-9-14)10-16-13-5-4-12(3)8-13/h11-13,15-16H,4-10H2,1-3H3. The zero-order chi connectivity index (χ0) is 11.6. The lowest BCUT2D eigenvalue weighted by molar-refractivity contribution is 0.200. The van der Waals surface area contributed by atoms with Gasteiger partial charge in [0.15, 0.2) is 0 Å². The predicted molar refractivity (Wildman–Crippen MR) is 69.6 cm³/mol. The second-order valence-electron chi connectivity index (χ2n) is 6.44. The molecule has 0 aromatic carbocycles. The zero-order valence-electron chi connectivity index (χ0n) is 11.2. The monoisotopic (exact) mass is 224 g/mol. The van der Waals surface area contributed by atoms with Crippen LogP contribution in [-0.4, -0.2) is 25.7 Å². The van der Waals surface area contributed by atoms with Crippen molar-refractivity contribution in [1.82, 2.24) is 10.6 Å². The molecule has 1 saturated carbocycles. The van der Waals surface area contributed by atoms with E-state index >= 15 is 0 Å². The van der Waals surface area contributed by atoms with Gasteiger partial charge in [0.25, 0.3) is 0 Å². The van der Waals surface area contributed by atoms with Crippen LogP contribution in [0.2, 0.25) is 0 Å². The summed E-state index contributed by atoms with van der Waals surface area (Å²) in [4.78, 5) is 0. The van der Waals surface area contributed by atoms with Gasteiger partial charge in [-0.1, -0.05) is 20.8 Å². The highest BCUT2D eigenvalue weighted by Gasteiger charge is 2.37. The Bertz CT molecular complexity index is 219. The van der Waals surface area contributed by atoms with Gasteiger partial charge in [-0.05, 0) is 49.5 Å². The van der Waals surface area contributed by atoms with Gasteiger partial charge in [0.05, 0.1) is 0 Å². The van der Waals surface area contributed by atoms with Crippen molar-refractivity contribution in [1.29, 1.82) is 0 Å². The van der Waals surface area contributed by atoms with Crippen LogP contribution in [0.5, 0.6) is 0 Å². The van der Waals surface area contributed by atoms with E-state index in [0.29, 0.717) is 5.41 Å². The number of nitrogens with one attached hydrogen (secondary N) is 2. The average molecular weight is 224 g/mol. The Kier molecular flexibility index (Phi) is 3.91. The Morgan fingerprint density at radius 3 is 2.69 bits per heavy atom. The normalized spacial score (nSPS) is 39.8. The summed E-state index contributed by atoms with van der Waals surface area (Å²) >= 11 is 0. The first-order valence-corrected chi connectivity index (χ1v) is 7.06. The summed E-state index contributed by atoms with van der Waals surface area (Å²) in [5, 5.41) is 7.37. The highest BCUT2D eigenvalue weighted by atomic mass is 15.0. The summed E-state index contributed by atoms with van der Waals surface area (Å²) in [6.45, 7) is 10.8. The molecule has 0 bridgehead atoms. The van der Waals surface area contributed by atoms with E-state index in [1.165, 1.54) is 45.3 Å². The van der Waals surface area contributed by atoms with E-state index in [9.17, 15) is 0 Å². The summed E-state index contributed by atoms with van der Waals surface area (Å²) in [6.07, 6.45) is 5.55. The van der Waals surface area contributed by atoms with E-state index in [1.807, 2.05) is 0 Å². The van der Waals surface area contributed by atoms with Gasteiger partial charge in [0.2, 0.25) is 0 Å². The van der Waals surface area contributed by atoms with Crippen LogP contribution < -0.4 is 10.6 Å². The smallest absolute Gasteiger partial charge is 0.00699 e. The van der Waals surface area contributed by atoms with E-state index < -0.39 is 0 Å². The lowest BCUT2D eigenvalue weighted by Crippen LogP contribution is -2.43. The van der Waals surface area contributed by atoms with Crippen LogP contribution in [0.25, 0.3) is 0 Å². The van der Waals surface area contributed by atoms with Crippen LogP contribution in [0, 0.1) is 17.3 Å². The first-order chi connectivity index (χ1) is 7.62. The molecule has 16 heavy (non-hydrogen) atoms. The quantitative estimate of drug-likeness (QED) is 0.766. The number of hydrogen-bond donors (Lipinski definition) is 2. The predicted octanol–water partition coefficient (Wildman–Crippen LogP) is 2.40. The first kappa shape index (κ1) is 12.4. The Balaban J connectivity index is 1.83. The molecule has 1 aliphatic heterocycles. The van der Waals surface area contributed by atoms with Gasteiger partial charge in [0, 0.05) is 19.1 Å². The maximum atomic E-state index is 3.84. The van der Waals surface area contributed by atoms with Crippen molar-refractivity contribution in [2.45, 2.75) is 52.5 Å². The molecule has 0 aromatic heterocycles. The van der Waals surface area contributed by atoms with E-state index in [2.05, 4.69) is 31.4 Å². The SMILES string of the molecule is CC1CCC(NCC2(C(C)C)CCNC2)C1. The molecule has 2 N–H and O–H groups in total. The molecule has 0 spiro atoms. The second-order valence-corrected chi connectivity index (χ2v) is 6.44. The Morgan fingerprint density at radius 1 is 1.38 bits per heavy atom. The van der Waals surface area contributed by atoms with Gasteiger partial charge in [-0.2, -0.15) is 0 Å². The molecule has 2 heteroatoms. The fraction of sp³-hybridized carbons (Fsp3) is 1.00. The van der Waals surface area contributed by atoms with Crippen molar-refractivity contribution >= 4 is 0 Å². The van der Waals surface area contributed by atoms with Gasteiger partial charge in [-0.25, -0.2) is 0 Å². The van der Waals surface area contributed by atoms with Crippen molar-refractivity contribution in [3.8, 4) is 0 Å². The van der Waals surface area contributed by atoms with Gasteiger partial charge in [-0.3, -0.25) is 0 Å². The molecule has 0 aromatic rings. The van der Waals surface area contributed by atoms with Crippen LogP contribution in [0.4, 0.5) is 0 Å². The van der Waals surface area contributed by atoms with Gasteiger partial charge in [-0.15, -0.1) is 0 Å². The molecule has 2 nitrogen and oxygen atoms in total. The molecular weight excluding hydrogens is 196 g/mol. The highest BCUT2D eigenvalue weighted by Crippen LogP contribution is 2.34. The maximum absolute atomic E-state index is 3.84. The first-order valence-electron chi connectivity index (χ1n) is 7.06. The molecule has 1 aliphatic carbocycles. The van der Waals surface area contributed by atoms with Crippen molar-refractivity contribution < 1.29 is 0 Å². The molecule has 3 unspecified atom stereocenters. The van der Waals surface area contributed by atoms with Gasteiger partial charge < -0.3 is 10.6 Å². The lowest BCUT2D eigenvalue weighted by atomic mass is 9.76. The van der Waals surface area contributed by atoms with Crippen LogP contribution >= 0.6 is 0 Å². The summed E-state index contributed by atoms with van der Waals surface area (Å²) in [7, 11) is 0. The molecule has 94 valence electrons. The Labute approximate surface area is 101 Å². The zero-order valence-corrected chi connectivity index (χ0v) is 11.2. The Hall–Kier alpha value is -0.0800.